The highest BCUT2D eigenvalue weighted by molar-refractivity contribution is 14.0. The first-order valence-electron chi connectivity index (χ1n) is 11.6. The second-order valence-corrected chi connectivity index (χ2v) is 8.81. The van der Waals surface area contributed by atoms with Crippen LogP contribution in [0, 0.1) is 18.8 Å². The summed E-state index contributed by atoms with van der Waals surface area (Å²) in [5.41, 5.74) is 2.34. The normalized spacial score (nSPS) is 20.4. The van der Waals surface area contributed by atoms with Crippen LogP contribution >= 0.6 is 24.0 Å². The zero-order valence-electron chi connectivity index (χ0n) is 19.5. The first-order valence-corrected chi connectivity index (χ1v) is 11.6. The number of aryl methyl sites for hydroxylation is 1. The maximum Gasteiger partial charge on any atom is 0.191 e. The summed E-state index contributed by atoms with van der Waals surface area (Å²) in [6.45, 7) is 11.5. The van der Waals surface area contributed by atoms with Gasteiger partial charge < -0.3 is 25.0 Å². The Hall–Kier alpha value is -1.06. The minimum Gasteiger partial charge on any atom is -0.493 e. The maximum atomic E-state index is 6.17. The van der Waals surface area contributed by atoms with Crippen LogP contribution in [-0.2, 0) is 11.3 Å². The van der Waals surface area contributed by atoms with E-state index in [1.807, 2.05) is 0 Å². The molecule has 2 saturated heterocycles. The molecule has 0 aliphatic carbocycles. The van der Waals surface area contributed by atoms with Crippen LogP contribution in [0.1, 0.15) is 43.7 Å². The SMILES string of the molecule is CCNC(=NCc1ccc(C)cc1OCC1CCOC1)NCCC1CCN(C)CC1.I. The van der Waals surface area contributed by atoms with Crippen LogP contribution in [0.3, 0.4) is 0 Å². The highest BCUT2D eigenvalue weighted by Gasteiger charge is 2.18. The molecule has 2 N–H and O–H groups in total. The van der Waals surface area contributed by atoms with Gasteiger partial charge in [-0.3, -0.25) is 0 Å². The van der Waals surface area contributed by atoms with E-state index in [0.29, 0.717) is 12.5 Å². The molecule has 1 unspecified atom stereocenters. The molecule has 2 aliphatic heterocycles. The molecule has 3 rings (SSSR count). The molecule has 0 radical (unpaired) electrons. The predicted molar refractivity (Wildman–Crippen MR) is 139 cm³/mol. The summed E-state index contributed by atoms with van der Waals surface area (Å²) < 4.78 is 11.6. The van der Waals surface area contributed by atoms with Gasteiger partial charge in [-0.2, -0.15) is 0 Å². The predicted octanol–water partition coefficient (Wildman–Crippen LogP) is 3.82. The number of hydrogen-bond acceptors (Lipinski definition) is 4. The van der Waals surface area contributed by atoms with Crippen LogP contribution in [-0.4, -0.2) is 63.9 Å². The van der Waals surface area contributed by atoms with E-state index < -0.39 is 0 Å². The van der Waals surface area contributed by atoms with Crippen molar-refractivity contribution in [2.45, 2.75) is 46.1 Å². The Morgan fingerprint density at radius 1 is 1.19 bits per heavy atom. The summed E-state index contributed by atoms with van der Waals surface area (Å²) in [5, 5.41) is 6.90. The van der Waals surface area contributed by atoms with Crippen molar-refractivity contribution in [2.24, 2.45) is 16.8 Å². The lowest BCUT2D eigenvalue weighted by Crippen LogP contribution is -2.39. The molecule has 2 heterocycles. The summed E-state index contributed by atoms with van der Waals surface area (Å²) in [6.07, 6.45) is 4.91. The molecule has 0 spiro atoms. The fraction of sp³-hybridized carbons (Fsp3) is 0.708. The largest absolute Gasteiger partial charge is 0.493 e. The zero-order chi connectivity index (χ0) is 21.2. The minimum atomic E-state index is 0. The zero-order valence-corrected chi connectivity index (χ0v) is 21.8. The fourth-order valence-corrected chi connectivity index (χ4v) is 4.10. The maximum absolute atomic E-state index is 6.17. The number of nitrogens with one attached hydrogen (secondary N) is 2. The van der Waals surface area contributed by atoms with Crippen molar-refractivity contribution < 1.29 is 9.47 Å². The number of ether oxygens (including phenoxy) is 2. The monoisotopic (exact) mass is 544 g/mol. The van der Waals surface area contributed by atoms with E-state index in [4.69, 9.17) is 14.5 Å². The van der Waals surface area contributed by atoms with Crippen LogP contribution in [0.4, 0.5) is 0 Å². The van der Waals surface area contributed by atoms with Gasteiger partial charge in [-0.05, 0) is 77.2 Å². The number of nitrogens with zero attached hydrogens (tertiary/aromatic N) is 2. The van der Waals surface area contributed by atoms with E-state index in [0.717, 1.165) is 62.5 Å². The average molecular weight is 545 g/mol. The topological polar surface area (TPSA) is 58.1 Å². The molecule has 31 heavy (non-hydrogen) atoms. The number of benzene rings is 1. The van der Waals surface area contributed by atoms with E-state index in [9.17, 15) is 0 Å². The van der Waals surface area contributed by atoms with Gasteiger partial charge in [0.1, 0.15) is 5.75 Å². The average Bonchev–Trinajstić information content (AvgIpc) is 3.26. The number of hydrogen-bond donors (Lipinski definition) is 2. The van der Waals surface area contributed by atoms with Crippen molar-refractivity contribution in [2.75, 3.05) is 53.0 Å². The molecule has 0 saturated carbocycles. The van der Waals surface area contributed by atoms with E-state index in [1.54, 1.807) is 0 Å². The molecule has 1 aromatic rings. The van der Waals surface area contributed by atoms with Gasteiger partial charge in [0.15, 0.2) is 5.96 Å². The van der Waals surface area contributed by atoms with Crippen LogP contribution < -0.4 is 15.4 Å². The minimum absolute atomic E-state index is 0. The first-order chi connectivity index (χ1) is 14.6. The lowest BCUT2D eigenvalue weighted by molar-refractivity contribution is 0.166. The van der Waals surface area contributed by atoms with E-state index in [1.165, 1.54) is 37.9 Å². The Bertz CT molecular complexity index is 672. The quantitative estimate of drug-likeness (QED) is 0.281. The molecule has 176 valence electrons. The van der Waals surface area contributed by atoms with Crippen LogP contribution in [0.5, 0.6) is 5.75 Å². The van der Waals surface area contributed by atoms with Gasteiger partial charge in [0.05, 0.1) is 19.8 Å². The summed E-state index contributed by atoms with van der Waals surface area (Å²) in [7, 11) is 2.22. The van der Waals surface area contributed by atoms with Crippen LogP contribution in [0.15, 0.2) is 23.2 Å². The van der Waals surface area contributed by atoms with Crippen molar-refractivity contribution >= 4 is 29.9 Å². The van der Waals surface area contributed by atoms with E-state index in [-0.39, 0.29) is 24.0 Å². The van der Waals surface area contributed by atoms with Gasteiger partial charge in [0.25, 0.3) is 0 Å². The number of rotatable bonds is 9. The number of halogens is 1. The lowest BCUT2D eigenvalue weighted by Gasteiger charge is -2.29. The van der Waals surface area contributed by atoms with Crippen molar-refractivity contribution in [1.82, 2.24) is 15.5 Å². The molecule has 0 bridgehead atoms. The Labute approximate surface area is 205 Å². The van der Waals surface area contributed by atoms with Crippen LogP contribution in [0.2, 0.25) is 0 Å². The molecule has 0 aromatic heterocycles. The molecule has 1 atom stereocenters. The van der Waals surface area contributed by atoms with Crippen molar-refractivity contribution in [3.05, 3.63) is 29.3 Å². The second kappa shape index (κ2) is 14.2. The van der Waals surface area contributed by atoms with Crippen LogP contribution in [0.25, 0.3) is 0 Å². The Balaban J connectivity index is 0.00000341. The third-order valence-corrected chi connectivity index (χ3v) is 6.16. The second-order valence-electron chi connectivity index (χ2n) is 8.81. The van der Waals surface area contributed by atoms with Gasteiger partial charge >= 0.3 is 0 Å². The molecule has 2 aliphatic rings. The summed E-state index contributed by atoms with van der Waals surface area (Å²) >= 11 is 0. The van der Waals surface area contributed by atoms with E-state index in [2.05, 4.69) is 54.6 Å². The third-order valence-electron chi connectivity index (χ3n) is 6.16. The summed E-state index contributed by atoms with van der Waals surface area (Å²) in [6, 6.07) is 6.40. The number of aliphatic imine (C=N–C) groups is 1. The molecule has 6 nitrogen and oxygen atoms in total. The number of likely N-dealkylation sites (tertiary alicyclic amines) is 1. The van der Waals surface area contributed by atoms with Gasteiger partial charge in [0.2, 0.25) is 0 Å². The van der Waals surface area contributed by atoms with Crippen molar-refractivity contribution in [3.8, 4) is 5.75 Å². The standard InChI is InChI=1S/C24H40N4O2.HI/c1-4-25-24(26-11-7-20-8-12-28(3)13-9-20)27-16-22-6-5-19(2)15-23(22)30-18-21-10-14-29-17-21;/h5-6,15,20-21H,4,7-14,16-18H2,1-3H3,(H2,25,26,27);1H. The first kappa shape index (κ1) is 26.2. The molecular formula is C24H41IN4O2. The van der Waals surface area contributed by atoms with Gasteiger partial charge in [0, 0.05) is 31.2 Å². The highest BCUT2D eigenvalue weighted by atomic mass is 127. The Kier molecular flexibility index (Phi) is 12.0. The fourth-order valence-electron chi connectivity index (χ4n) is 4.10. The molecule has 0 amide bonds. The van der Waals surface area contributed by atoms with Gasteiger partial charge in [-0.1, -0.05) is 12.1 Å². The Morgan fingerprint density at radius 2 is 2.00 bits per heavy atom. The van der Waals surface area contributed by atoms with Crippen molar-refractivity contribution in [3.63, 3.8) is 0 Å². The Morgan fingerprint density at radius 3 is 2.71 bits per heavy atom. The smallest absolute Gasteiger partial charge is 0.191 e. The van der Waals surface area contributed by atoms with E-state index >= 15 is 0 Å². The van der Waals surface area contributed by atoms with Gasteiger partial charge in [-0.25, -0.2) is 4.99 Å². The molecule has 7 heteroatoms. The molecule has 2 fully saturated rings. The summed E-state index contributed by atoms with van der Waals surface area (Å²) in [5.74, 6) is 3.17. The van der Waals surface area contributed by atoms with Crippen molar-refractivity contribution in [1.29, 1.82) is 0 Å². The molecule has 1 aromatic carbocycles. The molecular weight excluding hydrogens is 503 g/mol. The lowest BCUT2D eigenvalue weighted by atomic mass is 9.94. The summed E-state index contributed by atoms with van der Waals surface area (Å²) in [4.78, 5) is 7.26. The number of piperidine rings is 1. The number of guanidine groups is 1. The van der Waals surface area contributed by atoms with Gasteiger partial charge in [-0.15, -0.1) is 24.0 Å². The third kappa shape index (κ3) is 9.14. The highest BCUT2D eigenvalue weighted by Crippen LogP contribution is 2.23.